The van der Waals surface area contributed by atoms with E-state index in [0.717, 1.165) is 12.2 Å². The average molecular weight is 173 g/mol. The van der Waals surface area contributed by atoms with Gasteiger partial charge in [0, 0.05) is 18.4 Å². The maximum absolute atomic E-state index is 5.97. The summed E-state index contributed by atoms with van der Waals surface area (Å²) < 4.78 is 0. The van der Waals surface area contributed by atoms with Crippen LogP contribution in [0.3, 0.4) is 0 Å². The van der Waals surface area contributed by atoms with Crippen LogP contribution in [-0.2, 0) is 0 Å². The van der Waals surface area contributed by atoms with E-state index in [-0.39, 0.29) is 0 Å². The zero-order valence-electron chi connectivity index (χ0n) is 6.82. The van der Waals surface area contributed by atoms with E-state index in [9.17, 15) is 0 Å². The van der Waals surface area contributed by atoms with Gasteiger partial charge in [-0.25, -0.2) is 0 Å². The Kier molecular flexibility index (Phi) is 2.45. The molecule has 0 spiro atoms. The van der Waals surface area contributed by atoms with Crippen molar-refractivity contribution >= 4 is 11.6 Å². The molecule has 62 valence electrons. The minimum atomic E-state index is -0.418. The maximum Gasteiger partial charge on any atom is 0.128 e. The summed E-state index contributed by atoms with van der Waals surface area (Å²) in [6, 6.07) is 0. The number of dihydropyridines is 1. The second kappa shape index (κ2) is 3.18. The number of allylic oxidation sites excluding steroid dienone is 1. The third-order valence-electron chi connectivity index (χ3n) is 1.47. The smallest absolute Gasteiger partial charge is 0.128 e. The third kappa shape index (κ3) is 2.46. The third-order valence-corrected chi connectivity index (χ3v) is 1.70. The molecule has 0 amide bonds. The Labute approximate surface area is 72.3 Å². The lowest BCUT2D eigenvalue weighted by Crippen LogP contribution is -2.34. The molecule has 0 aliphatic carbocycles. The van der Waals surface area contributed by atoms with Gasteiger partial charge in [-0.2, -0.15) is 0 Å². The molecule has 0 bridgehead atoms. The zero-order valence-corrected chi connectivity index (χ0v) is 7.57. The summed E-state index contributed by atoms with van der Waals surface area (Å²) in [5.41, 5.74) is 1.07. The topological polar surface area (TPSA) is 24.1 Å². The van der Waals surface area contributed by atoms with Crippen LogP contribution in [0, 0.1) is 0 Å². The van der Waals surface area contributed by atoms with E-state index in [4.69, 9.17) is 11.6 Å². The lowest BCUT2D eigenvalue weighted by atomic mass is 10.2. The minimum Gasteiger partial charge on any atom is -0.384 e. The van der Waals surface area contributed by atoms with Gasteiger partial charge in [0.2, 0.25) is 0 Å². The highest BCUT2D eigenvalue weighted by Crippen LogP contribution is 2.16. The standard InChI is InChI=1S/C8H13ClN2/c1-3-10-7-4-5-8(2,9)11-6-7/h4-6,10-11H,3H2,1-2H3. The molecule has 0 saturated heterocycles. The fourth-order valence-corrected chi connectivity index (χ4v) is 0.993. The van der Waals surface area contributed by atoms with Crippen LogP contribution < -0.4 is 10.6 Å². The summed E-state index contributed by atoms with van der Waals surface area (Å²) in [6.07, 6.45) is 5.79. The van der Waals surface area contributed by atoms with Gasteiger partial charge >= 0.3 is 0 Å². The van der Waals surface area contributed by atoms with Crippen LogP contribution in [0.1, 0.15) is 13.8 Å². The van der Waals surface area contributed by atoms with Gasteiger partial charge < -0.3 is 10.6 Å². The predicted octanol–water partition coefficient (Wildman–Crippen LogP) is 1.55. The van der Waals surface area contributed by atoms with E-state index >= 15 is 0 Å². The van der Waals surface area contributed by atoms with Crippen molar-refractivity contribution < 1.29 is 0 Å². The molecular formula is C8H13ClN2. The highest BCUT2D eigenvalue weighted by Gasteiger charge is 2.16. The van der Waals surface area contributed by atoms with Crippen LogP contribution in [0.15, 0.2) is 24.0 Å². The van der Waals surface area contributed by atoms with Crippen LogP contribution in [0.4, 0.5) is 0 Å². The van der Waals surface area contributed by atoms with Gasteiger partial charge in [0.1, 0.15) is 5.00 Å². The lowest BCUT2D eigenvalue weighted by molar-refractivity contribution is 0.667. The SMILES string of the molecule is CCNC1=CNC(C)(Cl)C=C1. The molecule has 1 heterocycles. The monoisotopic (exact) mass is 172 g/mol. The highest BCUT2D eigenvalue weighted by molar-refractivity contribution is 6.24. The van der Waals surface area contributed by atoms with Gasteiger partial charge in [-0.15, -0.1) is 0 Å². The Morgan fingerprint density at radius 3 is 2.91 bits per heavy atom. The number of likely N-dealkylation sites (N-methyl/N-ethyl adjacent to an activating group) is 1. The van der Waals surface area contributed by atoms with E-state index in [1.54, 1.807) is 0 Å². The fraction of sp³-hybridized carbons (Fsp3) is 0.500. The first-order chi connectivity index (χ1) is 5.14. The zero-order chi connectivity index (χ0) is 8.32. The normalized spacial score (nSPS) is 29.2. The molecule has 2 nitrogen and oxygen atoms in total. The average Bonchev–Trinajstić information content (AvgIpc) is 1.94. The van der Waals surface area contributed by atoms with E-state index < -0.39 is 5.00 Å². The number of halogens is 1. The number of hydrogen-bond donors (Lipinski definition) is 2. The molecule has 0 radical (unpaired) electrons. The van der Waals surface area contributed by atoms with Crippen molar-refractivity contribution in [1.29, 1.82) is 0 Å². The molecule has 1 atom stereocenters. The van der Waals surface area contributed by atoms with Crippen LogP contribution in [0.5, 0.6) is 0 Å². The minimum absolute atomic E-state index is 0.418. The van der Waals surface area contributed by atoms with Crippen molar-refractivity contribution in [1.82, 2.24) is 10.6 Å². The predicted molar refractivity (Wildman–Crippen MR) is 48.3 cm³/mol. The second-order valence-corrected chi connectivity index (χ2v) is 3.47. The first kappa shape index (κ1) is 8.47. The summed E-state index contributed by atoms with van der Waals surface area (Å²) in [5, 5.41) is 6.22. The van der Waals surface area contributed by atoms with E-state index in [0.29, 0.717) is 0 Å². The number of alkyl halides is 1. The molecule has 3 heteroatoms. The molecule has 0 aromatic carbocycles. The fourth-order valence-electron chi connectivity index (χ4n) is 0.875. The van der Waals surface area contributed by atoms with Crippen molar-refractivity contribution in [3.05, 3.63) is 24.0 Å². The molecule has 0 aromatic heterocycles. The Bertz CT molecular complexity index is 194. The van der Waals surface area contributed by atoms with Crippen LogP contribution in [-0.4, -0.2) is 11.5 Å². The molecule has 1 aliphatic rings. The summed E-state index contributed by atoms with van der Waals surface area (Å²) in [6.45, 7) is 4.89. The van der Waals surface area contributed by atoms with Crippen LogP contribution in [0.2, 0.25) is 0 Å². The van der Waals surface area contributed by atoms with Gasteiger partial charge in [-0.1, -0.05) is 11.6 Å². The number of hydrogen-bond acceptors (Lipinski definition) is 2. The first-order valence-corrected chi connectivity index (χ1v) is 4.12. The van der Waals surface area contributed by atoms with Gasteiger partial charge in [-0.05, 0) is 26.0 Å². The van der Waals surface area contributed by atoms with Gasteiger partial charge in [0.05, 0.1) is 0 Å². The van der Waals surface area contributed by atoms with Crippen molar-refractivity contribution in [2.45, 2.75) is 18.8 Å². The Morgan fingerprint density at radius 1 is 1.73 bits per heavy atom. The van der Waals surface area contributed by atoms with E-state index in [1.807, 2.05) is 25.3 Å². The molecule has 1 rings (SSSR count). The quantitative estimate of drug-likeness (QED) is 0.488. The van der Waals surface area contributed by atoms with Crippen LogP contribution in [0.25, 0.3) is 0 Å². The lowest BCUT2D eigenvalue weighted by Gasteiger charge is -2.23. The van der Waals surface area contributed by atoms with Gasteiger partial charge in [0.15, 0.2) is 0 Å². The molecule has 11 heavy (non-hydrogen) atoms. The van der Waals surface area contributed by atoms with Crippen molar-refractivity contribution in [3.8, 4) is 0 Å². The number of rotatable bonds is 2. The second-order valence-electron chi connectivity index (χ2n) is 2.68. The Balaban J connectivity index is 2.53. The summed E-state index contributed by atoms with van der Waals surface area (Å²) in [4.78, 5) is -0.418. The van der Waals surface area contributed by atoms with Crippen molar-refractivity contribution in [3.63, 3.8) is 0 Å². The van der Waals surface area contributed by atoms with Crippen molar-refractivity contribution in [2.75, 3.05) is 6.54 Å². The first-order valence-electron chi connectivity index (χ1n) is 3.74. The number of nitrogens with one attached hydrogen (secondary N) is 2. The molecule has 1 aliphatic heterocycles. The summed E-state index contributed by atoms with van der Waals surface area (Å²) in [5.74, 6) is 0. The molecule has 0 saturated carbocycles. The van der Waals surface area contributed by atoms with E-state index in [2.05, 4.69) is 17.6 Å². The van der Waals surface area contributed by atoms with Crippen LogP contribution >= 0.6 is 11.6 Å². The molecular weight excluding hydrogens is 160 g/mol. The Morgan fingerprint density at radius 2 is 2.45 bits per heavy atom. The van der Waals surface area contributed by atoms with E-state index in [1.165, 1.54) is 0 Å². The molecule has 0 fully saturated rings. The molecule has 1 unspecified atom stereocenters. The molecule has 0 aromatic rings. The highest BCUT2D eigenvalue weighted by atomic mass is 35.5. The summed E-state index contributed by atoms with van der Waals surface area (Å²) >= 11 is 5.97. The maximum atomic E-state index is 5.97. The van der Waals surface area contributed by atoms with Crippen molar-refractivity contribution in [2.24, 2.45) is 0 Å². The Hall–Kier alpha value is -0.630. The van der Waals surface area contributed by atoms with Gasteiger partial charge in [0.25, 0.3) is 0 Å². The molecule has 2 N–H and O–H groups in total. The largest absolute Gasteiger partial charge is 0.384 e. The van der Waals surface area contributed by atoms with Gasteiger partial charge in [-0.3, -0.25) is 0 Å². The summed E-state index contributed by atoms with van der Waals surface area (Å²) in [7, 11) is 0.